The van der Waals surface area contributed by atoms with Crippen molar-refractivity contribution >= 4 is 21.7 Å². The molecule has 0 saturated heterocycles. The smallest absolute Gasteiger partial charge is 0.178 e. The van der Waals surface area contributed by atoms with Gasteiger partial charge in [-0.3, -0.25) is 9.78 Å². The Balaban J connectivity index is 2.69. The lowest BCUT2D eigenvalue weighted by Gasteiger charge is -2.40. The minimum Gasteiger partial charge on any atom is -0.368 e. The normalized spacial score (nSPS) is 24.4. The molecule has 0 aromatic carbocycles. The number of ether oxygens (including phenoxy) is 1. The zero-order valence-corrected chi connectivity index (χ0v) is 13.5. The van der Waals surface area contributed by atoms with Crippen LogP contribution in [0.4, 0.5) is 4.39 Å². The van der Waals surface area contributed by atoms with Crippen LogP contribution in [-0.4, -0.2) is 17.9 Å². The van der Waals surface area contributed by atoms with Crippen molar-refractivity contribution in [3.63, 3.8) is 0 Å². The Morgan fingerprint density at radius 3 is 2.71 bits per heavy atom. The maximum Gasteiger partial charge on any atom is 0.178 e. The van der Waals surface area contributed by atoms with Crippen molar-refractivity contribution in [3.8, 4) is 6.07 Å². The third-order valence-electron chi connectivity index (χ3n) is 3.63. The Morgan fingerprint density at radius 1 is 1.52 bits per heavy atom. The topological polar surface area (TPSA) is 63.0 Å². The van der Waals surface area contributed by atoms with Gasteiger partial charge in [0.1, 0.15) is 17.5 Å². The minimum absolute atomic E-state index is 0.0334. The van der Waals surface area contributed by atoms with Gasteiger partial charge in [-0.2, -0.15) is 5.26 Å². The number of hydrogen-bond acceptors (Lipinski definition) is 4. The van der Waals surface area contributed by atoms with Gasteiger partial charge >= 0.3 is 0 Å². The molecule has 1 aliphatic rings. The second kappa shape index (κ2) is 5.32. The predicted molar refractivity (Wildman–Crippen MR) is 77.7 cm³/mol. The van der Waals surface area contributed by atoms with Crippen LogP contribution < -0.4 is 0 Å². The van der Waals surface area contributed by atoms with Gasteiger partial charge in [0.2, 0.25) is 0 Å². The van der Waals surface area contributed by atoms with Crippen LogP contribution in [0.3, 0.4) is 0 Å². The zero-order chi connectivity index (χ0) is 15.8. The van der Waals surface area contributed by atoms with Crippen LogP contribution in [0.25, 0.3) is 0 Å². The molecule has 4 nitrogen and oxygen atoms in total. The molecule has 6 heteroatoms. The molecule has 0 spiro atoms. The standard InChI is InChI=1S/C15H14BrFN2O2/c1-14(2)8-15(21-3,5-9(6-18)13(14)20)12-11(16)4-10(17)7-19-12/h4-5,7H,8H2,1-3H3. The van der Waals surface area contributed by atoms with Crippen molar-refractivity contribution in [2.24, 2.45) is 5.41 Å². The predicted octanol–water partition coefficient (Wildman–Crippen LogP) is 3.27. The quantitative estimate of drug-likeness (QED) is 0.819. The van der Waals surface area contributed by atoms with Crippen LogP contribution in [0.5, 0.6) is 0 Å². The molecule has 0 fully saturated rings. The van der Waals surface area contributed by atoms with E-state index in [-0.39, 0.29) is 11.4 Å². The number of nitriles is 1. The molecule has 0 bridgehead atoms. The molecule has 0 radical (unpaired) electrons. The van der Waals surface area contributed by atoms with Crippen molar-refractivity contribution < 1.29 is 13.9 Å². The van der Waals surface area contributed by atoms with Gasteiger partial charge in [-0.05, 0) is 34.5 Å². The number of methoxy groups -OCH3 is 1. The van der Waals surface area contributed by atoms with Gasteiger partial charge in [-0.1, -0.05) is 13.8 Å². The van der Waals surface area contributed by atoms with E-state index in [9.17, 15) is 14.4 Å². The lowest BCUT2D eigenvalue weighted by Crippen LogP contribution is -2.42. The molecule has 1 aliphatic carbocycles. The van der Waals surface area contributed by atoms with Crippen LogP contribution >= 0.6 is 15.9 Å². The third-order valence-corrected chi connectivity index (χ3v) is 4.24. The summed E-state index contributed by atoms with van der Waals surface area (Å²) < 4.78 is 19.3. The summed E-state index contributed by atoms with van der Waals surface area (Å²) in [5.74, 6) is -0.705. The number of aromatic nitrogens is 1. The highest BCUT2D eigenvalue weighted by atomic mass is 79.9. The van der Waals surface area contributed by atoms with E-state index in [0.29, 0.717) is 16.6 Å². The van der Waals surface area contributed by atoms with Crippen LogP contribution in [0.1, 0.15) is 26.0 Å². The summed E-state index contributed by atoms with van der Waals surface area (Å²) in [5, 5.41) is 9.19. The number of hydrogen-bond donors (Lipinski definition) is 0. The Hall–Kier alpha value is -1.58. The van der Waals surface area contributed by atoms with Gasteiger partial charge in [-0.25, -0.2) is 4.39 Å². The molecule has 1 aromatic heterocycles. The number of allylic oxidation sites excluding steroid dienone is 1. The van der Waals surface area contributed by atoms with Crippen molar-refractivity contribution in [1.29, 1.82) is 5.26 Å². The summed E-state index contributed by atoms with van der Waals surface area (Å²) in [6.45, 7) is 3.51. The Bertz CT molecular complexity index is 679. The molecule has 0 N–H and O–H groups in total. The molecule has 1 heterocycles. The fourth-order valence-electron chi connectivity index (χ4n) is 2.64. The summed E-state index contributed by atoms with van der Waals surface area (Å²) in [6, 6.07) is 3.20. The van der Waals surface area contributed by atoms with Crippen LogP contribution in [0, 0.1) is 22.6 Å². The number of ketones is 1. The average Bonchev–Trinajstić information content (AvgIpc) is 2.41. The van der Waals surface area contributed by atoms with Gasteiger partial charge in [0.25, 0.3) is 0 Å². The minimum atomic E-state index is -1.05. The Morgan fingerprint density at radius 2 is 2.19 bits per heavy atom. The summed E-state index contributed by atoms with van der Waals surface area (Å²) in [7, 11) is 1.48. The third kappa shape index (κ3) is 2.63. The molecule has 1 unspecified atom stereocenters. The maximum atomic E-state index is 13.2. The van der Waals surface area contributed by atoms with E-state index in [1.54, 1.807) is 13.8 Å². The van der Waals surface area contributed by atoms with Crippen LogP contribution in [-0.2, 0) is 15.1 Å². The van der Waals surface area contributed by atoms with E-state index in [1.807, 2.05) is 6.07 Å². The number of carbonyl (C=O) groups is 1. The van der Waals surface area contributed by atoms with Crippen molar-refractivity contribution in [2.75, 3.05) is 7.11 Å². The monoisotopic (exact) mass is 352 g/mol. The lowest BCUT2D eigenvalue weighted by molar-refractivity contribution is -0.128. The number of halogens is 2. The molecule has 0 amide bonds. The zero-order valence-electron chi connectivity index (χ0n) is 11.9. The van der Waals surface area contributed by atoms with E-state index in [1.165, 1.54) is 19.3 Å². The van der Waals surface area contributed by atoms with E-state index < -0.39 is 16.8 Å². The highest BCUT2D eigenvalue weighted by molar-refractivity contribution is 9.10. The van der Waals surface area contributed by atoms with E-state index >= 15 is 0 Å². The first-order chi connectivity index (χ1) is 9.75. The highest BCUT2D eigenvalue weighted by Crippen LogP contribution is 2.46. The number of rotatable bonds is 2. The van der Waals surface area contributed by atoms with Crippen molar-refractivity contribution in [1.82, 2.24) is 4.98 Å². The fraction of sp³-hybridized carbons (Fsp3) is 0.400. The summed E-state index contributed by atoms with van der Waals surface area (Å²) in [6.07, 6.45) is 2.88. The first kappa shape index (κ1) is 15.8. The first-order valence-corrected chi connectivity index (χ1v) is 7.09. The molecule has 0 aliphatic heterocycles. The molecule has 0 saturated carbocycles. The van der Waals surface area contributed by atoms with Gasteiger partial charge in [0.05, 0.1) is 17.5 Å². The number of carbonyl (C=O) groups excluding carboxylic acids is 1. The van der Waals surface area contributed by atoms with Gasteiger partial charge < -0.3 is 4.74 Å². The maximum absolute atomic E-state index is 13.2. The number of Topliss-reactive ketones (excluding diaryl/α,β-unsaturated/α-hetero) is 1. The van der Waals surface area contributed by atoms with E-state index in [2.05, 4.69) is 20.9 Å². The van der Waals surface area contributed by atoms with E-state index in [4.69, 9.17) is 4.74 Å². The molecular formula is C15H14BrFN2O2. The lowest BCUT2D eigenvalue weighted by atomic mass is 9.68. The average molecular weight is 353 g/mol. The first-order valence-electron chi connectivity index (χ1n) is 6.30. The largest absolute Gasteiger partial charge is 0.368 e. The van der Waals surface area contributed by atoms with Crippen molar-refractivity contribution in [3.05, 3.63) is 39.9 Å². The molecule has 2 rings (SSSR count). The SMILES string of the molecule is COC1(c2ncc(F)cc2Br)C=C(C#N)C(=O)C(C)(C)C1. The molecule has 1 atom stereocenters. The van der Waals surface area contributed by atoms with Crippen LogP contribution in [0.15, 0.2) is 28.4 Å². The molecule has 21 heavy (non-hydrogen) atoms. The number of nitrogens with zero attached hydrogens (tertiary/aromatic N) is 2. The van der Waals surface area contributed by atoms with Gasteiger partial charge in [0.15, 0.2) is 5.78 Å². The summed E-state index contributed by atoms with van der Waals surface area (Å²) in [5.41, 5.74) is -1.34. The summed E-state index contributed by atoms with van der Waals surface area (Å²) >= 11 is 3.27. The Kier molecular flexibility index (Phi) is 4.00. The second-order valence-corrected chi connectivity index (χ2v) is 6.49. The van der Waals surface area contributed by atoms with Crippen LogP contribution in [0.2, 0.25) is 0 Å². The van der Waals surface area contributed by atoms with Gasteiger partial charge in [-0.15, -0.1) is 0 Å². The second-order valence-electron chi connectivity index (χ2n) is 5.64. The van der Waals surface area contributed by atoms with Crippen molar-refractivity contribution in [2.45, 2.75) is 25.9 Å². The molecule has 1 aromatic rings. The molecular weight excluding hydrogens is 339 g/mol. The number of pyridine rings is 1. The van der Waals surface area contributed by atoms with E-state index in [0.717, 1.165) is 6.20 Å². The highest BCUT2D eigenvalue weighted by Gasteiger charge is 2.48. The summed E-state index contributed by atoms with van der Waals surface area (Å²) in [4.78, 5) is 16.3. The molecule has 110 valence electrons. The van der Waals surface area contributed by atoms with Gasteiger partial charge in [0, 0.05) is 17.0 Å². The Labute approximate surface area is 130 Å². The fourth-order valence-corrected chi connectivity index (χ4v) is 3.30.